The maximum Gasteiger partial charge on any atom is 0.328 e. The molecule has 0 saturated heterocycles. The zero-order valence-electron chi connectivity index (χ0n) is 21.7. The van der Waals surface area contributed by atoms with Gasteiger partial charge in [-0.3, -0.25) is 9.13 Å². The molecule has 3 unspecified atom stereocenters. The maximum atomic E-state index is 14.0. The van der Waals surface area contributed by atoms with E-state index in [9.17, 15) is 4.79 Å². The van der Waals surface area contributed by atoms with Crippen LogP contribution in [0.4, 0.5) is 0 Å². The number of allylic oxidation sites excluding steroid dienone is 2. The summed E-state index contributed by atoms with van der Waals surface area (Å²) in [6, 6.07) is 8.48. The second kappa shape index (κ2) is 9.91. The summed E-state index contributed by atoms with van der Waals surface area (Å²) in [6.45, 7) is 9.57. The van der Waals surface area contributed by atoms with Crippen LogP contribution in [0.15, 0.2) is 59.8 Å². The van der Waals surface area contributed by atoms with Gasteiger partial charge in [0.1, 0.15) is 0 Å². The fourth-order valence-electron chi connectivity index (χ4n) is 5.96. The van der Waals surface area contributed by atoms with Crippen LogP contribution < -0.4 is 11.0 Å². The van der Waals surface area contributed by atoms with Gasteiger partial charge in [-0.2, -0.15) is 5.21 Å². The van der Waals surface area contributed by atoms with Gasteiger partial charge < -0.3 is 5.32 Å². The lowest BCUT2D eigenvalue weighted by Gasteiger charge is -2.45. The molecule has 0 amide bonds. The number of dihydropyridines is 1. The van der Waals surface area contributed by atoms with E-state index in [1.807, 2.05) is 29.1 Å². The van der Waals surface area contributed by atoms with Crippen molar-refractivity contribution in [3.05, 3.63) is 76.8 Å². The number of benzene rings is 1. The number of aromatic amines is 1. The van der Waals surface area contributed by atoms with Crippen LogP contribution in [0.3, 0.4) is 0 Å². The summed E-state index contributed by atoms with van der Waals surface area (Å²) in [7, 11) is 0. The third kappa shape index (κ3) is 4.33. The van der Waals surface area contributed by atoms with Crippen molar-refractivity contribution in [2.24, 2.45) is 17.8 Å². The van der Waals surface area contributed by atoms with Crippen LogP contribution in [-0.4, -0.2) is 29.8 Å². The Morgan fingerprint density at radius 1 is 1.22 bits per heavy atom. The molecule has 1 aromatic carbocycles. The molecule has 2 N–H and O–H groups in total. The molecule has 36 heavy (non-hydrogen) atoms. The Kier molecular flexibility index (Phi) is 6.69. The first-order chi connectivity index (χ1) is 17.4. The summed E-state index contributed by atoms with van der Waals surface area (Å²) in [4.78, 5) is 14.0. The Balaban J connectivity index is 1.58. The first-order valence-corrected chi connectivity index (χ1v) is 13.2. The zero-order valence-corrected chi connectivity index (χ0v) is 21.7. The molecular formula is C28H37N7O. The summed E-state index contributed by atoms with van der Waals surface area (Å²) in [5.41, 5.74) is 2.72. The van der Waals surface area contributed by atoms with Crippen LogP contribution in [0.2, 0.25) is 0 Å². The largest absolute Gasteiger partial charge is 0.368 e. The van der Waals surface area contributed by atoms with Crippen LogP contribution in [0.5, 0.6) is 0 Å². The molecule has 1 fully saturated rings. The van der Waals surface area contributed by atoms with Crippen LogP contribution >= 0.6 is 0 Å². The Labute approximate surface area is 212 Å². The molecule has 3 aromatic rings. The summed E-state index contributed by atoms with van der Waals surface area (Å²) >= 11 is 0. The van der Waals surface area contributed by atoms with E-state index in [4.69, 9.17) is 0 Å². The van der Waals surface area contributed by atoms with Crippen LogP contribution in [0.1, 0.15) is 64.3 Å². The minimum atomic E-state index is -0.481. The van der Waals surface area contributed by atoms with Crippen molar-refractivity contribution in [3.63, 3.8) is 0 Å². The third-order valence-corrected chi connectivity index (χ3v) is 8.09. The van der Waals surface area contributed by atoms with Crippen molar-refractivity contribution in [2.75, 3.05) is 0 Å². The number of nitrogens with one attached hydrogen (secondary N) is 2. The van der Waals surface area contributed by atoms with Gasteiger partial charge in [0.25, 0.3) is 0 Å². The van der Waals surface area contributed by atoms with Gasteiger partial charge in [-0.1, -0.05) is 64.5 Å². The van der Waals surface area contributed by atoms with Crippen molar-refractivity contribution in [3.8, 4) is 11.4 Å². The van der Waals surface area contributed by atoms with Crippen LogP contribution in [0, 0.1) is 17.8 Å². The van der Waals surface area contributed by atoms with Gasteiger partial charge in [-0.05, 0) is 66.3 Å². The van der Waals surface area contributed by atoms with E-state index in [1.54, 1.807) is 0 Å². The summed E-state index contributed by atoms with van der Waals surface area (Å²) in [6.07, 6.45) is 14.6. The number of unbranched alkanes of at least 4 members (excludes halogenated alkanes) is 1. The van der Waals surface area contributed by atoms with E-state index in [0.29, 0.717) is 30.1 Å². The number of nitrogens with zero attached hydrogens (tertiary/aromatic N) is 5. The highest BCUT2D eigenvalue weighted by molar-refractivity contribution is 5.57. The molecule has 0 bridgehead atoms. The Morgan fingerprint density at radius 3 is 2.69 bits per heavy atom. The number of aryl methyl sites for hydroxylation is 1. The zero-order chi connectivity index (χ0) is 25.3. The predicted octanol–water partition coefficient (Wildman–Crippen LogP) is 4.59. The minimum Gasteiger partial charge on any atom is -0.368 e. The number of rotatable bonds is 9. The minimum absolute atomic E-state index is 0.109. The fraction of sp³-hybridized carbons (Fsp3) is 0.500. The van der Waals surface area contributed by atoms with Gasteiger partial charge in [-0.15, -0.1) is 10.2 Å². The smallest absolute Gasteiger partial charge is 0.328 e. The average Bonchev–Trinajstić information content (AvgIpc) is 3.52. The van der Waals surface area contributed by atoms with Gasteiger partial charge in [0, 0.05) is 30.0 Å². The first kappa shape index (κ1) is 24.3. The van der Waals surface area contributed by atoms with Gasteiger partial charge in [0.15, 0.2) is 0 Å². The van der Waals surface area contributed by atoms with Gasteiger partial charge in [-0.25, -0.2) is 4.79 Å². The molecule has 3 heterocycles. The number of tetrazole rings is 1. The second-order valence-electron chi connectivity index (χ2n) is 10.8. The van der Waals surface area contributed by atoms with Crippen molar-refractivity contribution in [1.82, 2.24) is 35.1 Å². The molecule has 8 heteroatoms. The normalized spacial score (nSPS) is 22.5. The van der Waals surface area contributed by atoms with Crippen molar-refractivity contribution < 1.29 is 0 Å². The molecule has 1 aliphatic heterocycles. The Bertz CT molecular complexity index is 1290. The number of aromatic nitrogens is 6. The highest BCUT2D eigenvalue weighted by atomic mass is 16.1. The maximum absolute atomic E-state index is 14.0. The van der Waals surface area contributed by atoms with E-state index >= 15 is 0 Å². The molecular weight excluding hydrogens is 450 g/mol. The molecule has 0 radical (unpaired) electrons. The fourth-order valence-corrected chi connectivity index (χ4v) is 5.96. The molecule has 1 saturated carbocycles. The van der Waals surface area contributed by atoms with E-state index in [-0.39, 0.29) is 11.7 Å². The lowest BCUT2D eigenvalue weighted by atomic mass is 9.66. The molecule has 190 valence electrons. The molecule has 2 aliphatic rings. The second-order valence-corrected chi connectivity index (χ2v) is 10.8. The summed E-state index contributed by atoms with van der Waals surface area (Å²) in [5, 5.41) is 17.7. The number of hydrogen-bond donors (Lipinski definition) is 2. The molecule has 3 atom stereocenters. The Morgan fingerprint density at radius 2 is 2.03 bits per heavy atom. The number of hydrogen-bond acceptors (Lipinski definition) is 5. The topological polar surface area (TPSA) is 93.4 Å². The van der Waals surface area contributed by atoms with Crippen LogP contribution in [0.25, 0.3) is 11.4 Å². The number of H-pyrrole nitrogens is 1. The van der Waals surface area contributed by atoms with Crippen molar-refractivity contribution in [1.29, 1.82) is 0 Å². The first-order valence-electron chi connectivity index (χ1n) is 13.2. The Hall–Kier alpha value is -3.42. The number of imidazole rings is 1. The summed E-state index contributed by atoms with van der Waals surface area (Å²) < 4.78 is 4.08. The molecule has 0 spiro atoms. The molecule has 1 aliphatic carbocycles. The lowest BCUT2D eigenvalue weighted by Crippen LogP contribution is -2.45. The average molecular weight is 488 g/mol. The van der Waals surface area contributed by atoms with E-state index < -0.39 is 5.41 Å². The quantitative estimate of drug-likeness (QED) is 0.460. The monoisotopic (exact) mass is 487 g/mol. The van der Waals surface area contributed by atoms with E-state index in [2.05, 4.69) is 88.7 Å². The van der Waals surface area contributed by atoms with Crippen molar-refractivity contribution >= 4 is 0 Å². The highest BCUT2D eigenvalue weighted by Gasteiger charge is 2.42. The van der Waals surface area contributed by atoms with E-state index in [1.165, 1.54) is 6.42 Å². The SMILES string of the molecule is CCCCc1cn(C2C(C)CC2C(C)C)c(=O)n1CC1(c2cccc(-c3nn[nH]n3)c2)C=CNC=C1. The predicted molar refractivity (Wildman–Crippen MR) is 141 cm³/mol. The van der Waals surface area contributed by atoms with Gasteiger partial charge >= 0.3 is 5.69 Å². The third-order valence-electron chi connectivity index (χ3n) is 8.09. The van der Waals surface area contributed by atoms with E-state index in [0.717, 1.165) is 36.1 Å². The van der Waals surface area contributed by atoms with Gasteiger partial charge in [0.2, 0.25) is 5.82 Å². The lowest BCUT2D eigenvalue weighted by molar-refractivity contribution is 0.0537. The van der Waals surface area contributed by atoms with Crippen molar-refractivity contribution in [2.45, 2.75) is 71.4 Å². The van der Waals surface area contributed by atoms with Gasteiger partial charge in [0.05, 0.1) is 5.41 Å². The van der Waals surface area contributed by atoms with Crippen LogP contribution in [-0.2, 0) is 18.4 Å². The highest BCUT2D eigenvalue weighted by Crippen LogP contribution is 2.47. The summed E-state index contributed by atoms with van der Waals surface area (Å²) in [5.74, 6) is 2.19. The standard InChI is InChI=1S/C28H37N7O/c1-5-6-10-23-17-34(25-20(4)15-24(25)19(2)3)27(36)35(23)18-28(11-13-29-14-12-28)22-9-7-8-21(16-22)26-30-32-33-31-26/h7-9,11-14,16-17,19-20,24-25,29H,5-6,10,15,18H2,1-4H3,(H,30,31,32,33). The molecule has 5 rings (SSSR count). The molecule has 8 nitrogen and oxygen atoms in total. The molecule has 2 aromatic heterocycles.